The van der Waals surface area contributed by atoms with Crippen LogP contribution >= 0.6 is 0 Å². The molecule has 1 rings (SSSR count). The van der Waals surface area contributed by atoms with Crippen LogP contribution in [0.25, 0.3) is 0 Å². The Bertz CT molecular complexity index is 202. The van der Waals surface area contributed by atoms with Gasteiger partial charge in [-0.25, -0.2) is 0 Å². The zero-order valence-electron chi connectivity index (χ0n) is 9.83. The minimum atomic E-state index is -0.139. The largest absolute Gasteiger partial charge is 0.393 e. The first-order chi connectivity index (χ1) is 7.17. The average molecular weight is 213 g/mol. The van der Waals surface area contributed by atoms with E-state index in [0.717, 1.165) is 38.6 Å². The molecule has 3 heteroatoms. The summed E-state index contributed by atoms with van der Waals surface area (Å²) in [7, 11) is 0. The maximum atomic E-state index is 11.7. The van der Waals surface area contributed by atoms with E-state index in [9.17, 15) is 9.90 Å². The van der Waals surface area contributed by atoms with E-state index in [2.05, 4.69) is 5.32 Å². The fourth-order valence-corrected chi connectivity index (χ4v) is 2.28. The topological polar surface area (TPSA) is 49.3 Å². The van der Waals surface area contributed by atoms with E-state index >= 15 is 0 Å². The third-order valence-corrected chi connectivity index (χ3v) is 3.43. The first kappa shape index (κ1) is 12.5. The van der Waals surface area contributed by atoms with Gasteiger partial charge in [0.2, 0.25) is 5.91 Å². The van der Waals surface area contributed by atoms with Crippen LogP contribution in [0.15, 0.2) is 0 Å². The van der Waals surface area contributed by atoms with Crippen molar-refractivity contribution in [1.29, 1.82) is 0 Å². The molecule has 2 atom stereocenters. The summed E-state index contributed by atoms with van der Waals surface area (Å²) in [5, 5.41) is 12.4. The van der Waals surface area contributed by atoms with Crippen molar-refractivity contribution >= 4 is 5.91 Å². The highest BCUT2D eigenvalue weighted by atomic mass is 16.3. The minimum Gasteiger partial charge on any atom is -0.393 e. The Morgan fingerprint density at radius 2 is 2.07 bits per heavy atom. The second kappa shape index (κ2) is 6.11. The number of aliphatic hydroxyl groups is 1. The zero-order chi connectivity index (χ0) is 11.3. The molecular weight excluding hydrogens is 190 g/mol. The highest BCUT2D eigenvalue weighted by Crippen LogP contribution is 2.24. The zero-order valence-corrected chi connectivity index (χ0v) is 9.83. The molecule has 0 radical (unpaired) electrons. The number of aliphatic hydroxyl groups excluding tert-OH is 1. The Labute approximate surface area is 92.3 Å². The second-order valence-electron chi connectivity index (χ2n) is 4.59. The molecule has 0 bridgehead atoms. The Hall–Kier alpha value is -0.570. The third-order valence-electron chi connectivity index (χ3n) is 3.43. The highest BCUT2D eigenvalue weighted by Gasteiger charge is 2.23. The molecule has 1 fully saturated rings. The molecule has 0 aromatic carbocycles. The molecule has 2 N–H and O–H groups in total. The second-order valence-corrected chi connectivity index (χ2v) is 4.59. The third kappa shape index (κ3) is 3.82. The summed E-state index contributed by atoms with van der Waals surface area (Å²) in [5.41, 5.74) is 0. The van der Waals surface area contributed by atoms with Crippen LogP contribution in [-0.2, 0) is 4.79 Å². The lowest BCUT2D eigenvalue weighted by Crippen LogP contribution is -2.33. The van der Waals surface area contributed by atoms with E-state index in [1.165, 1.54) is 0 Å². The molecule has 3 nitrogen and oxygen atoms in total. The van der Waals surface area contributed by atoms with Gasteiger partial charge in [-0.2, -0.15) is 0 Å². The number of rotatable bonds is 5. The van der Waals surface area contributed by atoms with E-state index in [4.69, 9.17) is 0 Å². The number of carbonyl (C=O) groups excluding carboxylic acids is 1. The van der Waals surface area contributed by atoms with Crippen LogP contribution < -0.4 is 5.32 Å². The van der Waals surface area contributed by atoms with Gasteiger partial charge in [0.15, 0.2) is 0 Å². The first-order valence-corrected chi connectivity index (χ1v) is 6.13. The van der Waals surface area contributed by atoms with E-state index in [1.807, 2.05) is 13.8 Å². The Kier molecular flexibility index (Phi) is 5.09. The van der Waals surface area contributed by atoms with Gasteiger partial charge >= 0.3 is 0 Å². The van der Waals surface area contributed by atoms with Crippen LogP contribution in [0.4, 0.5) is 0 Å². The van der Waals surface area contributed by atoms with Crippen molar-refractivity contribution in [3.8, 4) is 0 Å². The molecule has 2 unspecified atom stereocenters. The Morgan fingerprint density at radius 1 is 1.40 bits per heavy atom. The van der Waals surface area contributed by atoms with Crippen molar-refractivity contribution < 1.29 is 9.90 Å². The molecule has 0 spiro atoms. The normalized spacial score (nSPS) is 25.9. The predicted octanol–water partition coefficient (Wildman–Crippen LogP) is 1.70. The van der Waals surface area contributed by atoms with Crippen molar-refractivity contribution in [3.63, 3.8) is 0 Å². The summed E-state index contributed by atoms with van der Waals surface area (Å²) < 4.78 is 0. The van der Waals surface area contributed by atoms with Gasteiger partial charge in [0.05, 0.1) is 6.10 Å². The summed E-state index contributed by atoms with van der Waals surface area (Å²) in [6, 6.07) is 0. The van der Waals surface area contributed by atoms with Crippen molar-refractivity contribution in [1.82, 2.24) is 5.32 Å². The standard InChI is InChI=1S/C12H23NO2/c1-3-10(4-2)12(15)13-8-9-5-6-11(14)7-9/h9-11,14H,3-8H2,1-2H3,(H,13,15). The van der Waals surface area contributed by atoms with Gasteiger partial charge in [0.1, 0.15) is 0 Å². The van der Waals surface area contributed by atoms with E-state index < -0.39 is 0 Å². The molecule has 0 saturated heterocycles. The molecule has 0 heterocycles. The van der Waals surface area contributed by atoms with Crippen LogP contribution in [0, 0.1) is 11.8 Å². The predicted molar refractivity (Wildman–Crippen MR) is 60.4 cm³/mol. The van der Waals surface area contributed by atoms with Crippen LogP contribution in [-0.4, -0.2) is 23.7 Å². The smallest absolute Gasteiger partial charge is 0.223 e. The van der Waals surface area contributed by atoms with Gasteiger partial charge in [0, 0.05) is 12.5 Å². The van der Waals surface area contributed by atoms with Crippen LogP contribution in [0.5, 0.6) is 0 Å². The first-order valence-electron chi connectivity index (χ1n) is 6.13. The summed E-state index contributed by atoms with van der Waals surface area (Å²) in [6.45, 7) is 4.84. The highest BCUT2D eigenvalue weighted by molar-refractivity contribution is 5.78. The summed E-state index contributed by atoms with van der Waals surface area (Å²) in [5.74, 6) is 0.830. The monoisotopic (exact) mass is 213 g/mol. The summed E-state index contributed by atoms with van der Waals surface area (Å²) >= 11 is 0. The molecular formula is C12H23NO2. The molecule has 1 amide bonds. The maximum Gasteiger partial charge on any atom is 0.223 e. The van der Waals surface area contributed by atoms with Crippen molar-refractivity contribution in [2.24, 2.45) is 11.8 Å². The number of carbonyl (C=O) groups is 1. The van der Waals surface area contributed by atoms with Gasteiger partial charge in [0.25, 0.3) is 0 Å². The van der Waals surface area contributed by atoms with Crippen LogP contribution in [0.2, 0.25) is 0 Å². The molecule has 15 heavy (non-hydrogen) atoms. The molecule has 88 valence electrons. The lowest BCUT2D eigenvalue weighted by atomic mass is 10.0. The Balaban J connectivity index is 2.21. The van der Waals surface area contributed by atoms with Crippen molar-refractivity contribution in [2.75, 3.05) is 6.54 Å². The van der Waals surface area contributed by atoms with E-state index in [0.29, 0.717) is 5.92 Å². The fourth-order valence-electron chi connectivity index (χ4n) is 2.28. The molecule has 0 aliphatic heterocycles. The van der Waals surface area contributed by atoms with Crippen molar-refractivity contribution in [2.45, 2.75) is 52.1 Å². The van der Waals surface area contributed by atoms with E-state index in [1.54, 1.807) is 0 Å². The maximum absolute atomic E-state index is 11.7. The molecule has 1 aliphatic carbocycles. The lowest BCUT2D eigenvalue weighted by molar-refractivity contribution is -0.125. The summed E-state index contributed by atoms with van der Waals surface area (Å²) in [6.07, 6.45) is 4.48. The number of hydrogen-bond donors (Lipinski definition) is 2. The number of hydrogen-bond acceptors (Lipinski definition) is 2. The average Bonchev–Trinajstić information content (AvgIpc) is 2.63. The number of nitrogens with one attached hydrogen (secondary N) is 1. The Morgan fingerprint density at radius 3 is 2.53 bits per heavy atom. The minimum absolute atomic E-state index is 0.139. The number of amides is 1. The lowest BCUT2D eigenvalue weighted by Gasteiger charge is -2.15. The SMILES string of the molecule is CCC(CC)C(=O)NCC1CCC(O)C1. The van der Waals surface area contributed by atoms with Crippen LogP contribution in [0.3, 0.4) is 0 Å². The van der Waals surface area contributed by atoms with Gasteiger partial charge in [-0.05, 0) is 38.0 Å². The van der Waals surface area contributed by atoms with E-state index in [-0.39, 0.29) is 17.9 Å². The summed E-state index contributed by atoms with van der Waals surface area (Å²) in [4.78, 5) is 11.7. The molecule has 1 saturated carbocycles. The van der Waals surface area contributed by atoms with Crippen molar-refractivity contribution in [3.05, 3.63) is 0 Å². The quantitative estimate of drug-likeness (QED) is 0.730. The van der Waals surface area contributed by atoms with Gasteiger partial charge in [-0.1, -0.05) is 13.8 Å². The molecule has 0 aromatic heterocycles. The van der Waals surface area contributed by atoms with Crippen LogP contribution in [0.1, 0.15) is 46.0 Å². The molecule has 0 aromatic rings. The van der Waals surface area contributed by atoms with Gasteiger partial charge in [-0.3, -0.25) is 4.79 Å². The van der Waals surface area contributed by atoms with Gasteiger partial charge in [-0.15, -0.1) is 0 Å². The molecule has 1 aliphatic rings. The fraction of sp³-hybridized carbons (Fsp3) is 0.917. The van der Waals surface area contributed by atoms with Gasteiger partial charge < -0.3 is 10.4 Å².